The molecule has 18 heavy (non-hydrogen) atoms. The van der Waals surface area contributed by atoms with Gasteiger partial charge in [0.25, 0.3) is 0 Å². The smallest absolute Gasteiger partial charge is 0.196 e. The number of hydrogen-bond donors (Lipinski definition) is 1. The van der Waals surface area contributed by atoms with Crippen molar-refractivity contribution in [3.05, 3.63) is 29.5 Å². The highest BCUT2D eigenvalue weighted by Gasteiger charge is 2.24. The lowest BCUT2D eigenvalue weighted by atomic mass is 9.92. The minimum Gasteiger partial charge on any atom is -0.463 e. The van der Waals surface area contributed by atoms with Crippen molar-refractivity contribution in [2.24, 2.45) is 0 Å². The molecule has 0 radical (unpaired) electrons. The second-order valence-corrected chi connectivity index (χ2v) is 6.15. The van der Waals surface area contributed by atoms with Gasteiger partial charge in [0.05, 0.1) is 12.0 Å². The first-order chi connectivity index (χ1) is 8.48. The SMILES string of the molecule is CC(C)(C)c1nc2scc(-c3ccco3)n2c1N. The zero-order chi connectivity index (χ0) is 12.9. The van der Waals surface area contributed by atoms with Crippen molar-refractivity contribution < 1.29 is 4.42 Å². The number of thiazole rings is 1. The summed E-state index contributed by atoms with van der Waals surface area (Å²) in [6.07, 6.45) is 1.66. The van der Waals surface area contributed by atoms with E-state index >= 15 is 0 Å². The Kier molecular flexibility index (Phi) is 2.28. The van der Waals surface area contributed by atoms with Crippen LogP contribution in [0.4, 0.5) is 5.82 Å². The molecule has 4 nitrogen and oxygen atoms in total. The summed E-state index contributed by atoms with van der Waals surface area (Å²) in [5.74, 6) is 1.51. The van der Waals surface area contributed by atoms with Gasteiger partial charge in [0, 0.05) is 10.8 Å². The van der Waals surface area contributed by atoms with Crippen LogP contribution in [0.2, 0.25) is 0 Å². The van der Waals surface area contributed by atoms with Crippen LogP contribution >= 0.6 is 11.3 Å². The summed E-state index contributed by atoms with van der Waals surface area (Å²) in [6.45, 7) is 6.34. The van der Waals surface area contributed by atoms with Gasteiger partial charge in [0.15, 0.2) is 10.7 Å². The molecular weight excluding hydrogens is 246 g/mol. The Morgan fingerprint density at radius 3 is 2.78 bits per heavy atom. The van der Waals surface area contributed by atoms with E-state index in [1.165, 1.54) is 0 Å². The predicted molar refractivity (Wildman–Crippen MR) is 73.9 cm³/mol. The van der Waals surface area contributed by atoms with Crippen molar-refractivity contribution in [2.45, 2.75) is 26.2 Å². The van der Waals surface area contributed by atoms with Gasteiger partial charge in [0.1, 0.15) is 11.5 Å². The van der Waals surface area contributed by atoms with E-state index in [1.54, 1.807) is 17.6 Å². The van der Waals surface area contributed by atoms with E-state index in [4.69, 9.17) is 10.2 Å². The van der Waals surface area contributed by atoms with Crippen LogP contribution in [0.15, 0.2) is 28.2 Å². The summed E-state index contributed by atoms with van der Waals surface area (Å²) >= 11 is 1.58. The zero-order valence-corrected chi connectivity index (χ0v) is 11.4. The molecule has 0 aliphatic heterocycles. The average molecular weight is 261 g/mol. The molecule has 0 saturated carbocycles. The fourth-order valence-electron chi connectivity index (χ4n) is 2.03. The molecule has 0 amide bonds. The van der Waals surface area contributed by atoms with Crippen molar-refractivity contribution in [3.8, 4) is 11.5 Å². The molecule has 3 aromatic heterocycles. The van der Waals surface area contributed by atoms with E-state index in [0.717, 1.165) is 22.1 Å². The molecule has 3 rings (SSSR count). The molecule has 2 N–H and O–H groups in total. The number of imidazole rings is 1. The van der Waals surface area contributed by atoms with Gasteiger partial charge in [0.2, 0.25) is 0 Å². The van der Waals surface area contributed by atoms with Gasteiger partial charge in [-0.15, -0.1) is 11.3 Å². The lowest BCUT2D eigenvalue weighted by Crippen LogP contribution is -2.14. The van der Waals surface area contributed by atoms with Crippen LogP contribution in [-0.2, 0) is 5.41 Å². The van der Waals surface area contributed by atoms with Crippen molar-refractivity contribution in [1.82, 2.24) is 9.38 Å². The predicted octanol–water partition coefficient (Wildman–Crippen LogP) is 3.54. The molecule has 0 aliphatic carbocycles. The third-order valence-electron chi connectivity index (χ3n) is 2.88. The number of aromatic nitrogens is 2. The summed E-state index contributed by atoms with van der Waals surface area (Å²) in [7, 11) is 0. The fraction of sp³-hybridized carbons (Fsp3) is 0.308. The number of fused-ring (bicyclic) bond motifs is 1. The third-order valence-corrected chi connectivity index (χ3v) is 3.71. The van der Waals surface area contributed by atoms with Crippen molar-refractivity contribution >= 4 is 22.1 Å². The van der Waals surface area contributed by atoms with Crippen LogP contribution in [0.25, 0.3) is 16.4 Å². The Balaban J connectivity index is 2.28. The summed E-state index contributed by atoms with van der Waals surface area (Å²) in [5.41, 5.74) is 8.07. The molecule has 94 valence electrons. The molecule has 5 heteroatoms. The van der Waals surface area contributed by atoms with Gasteiger partial charge in [-0.3, -0.25) is 4.40 Å². The lowest BCUT2D eigenvalue weighted by Gasteiger charge is -2.15. The number of nitrogens with two attached hydrogens (primary N) is 1. The molecule has 0 fully saturated rings. The first kappa shape index (κ1) is 11.3. The molecule has 0 aromatic carbocycles. The third kappa shape index (κ3) is 1.54. The molecular formula is C13H15N3OS. The standard InChI is InChI=1S/C13H15N3OS/c1-13(2,3)10-11(14)16-8(7-18-12(16)15-10)9-5-4-6-17-9/h4-7H,14H2,1-3H3. The Hall–Kier alpha value is -1.75. The molecule has 0 spiro atoms. The maximum absolute atomic E-state index is 6.24. The first-order valence-corrected chi connectivity index (χ1v) is 6.66. The largest absolute Gasteiger partial charge is 0.463 e. The quantitative estimate of drug-likeness (QED) is 0.729. The molecule has 0 unspecified atom stereocenters. The Bertz CT molecular complexity index is 686. The van der Waals surface area contributed by atoms with Gasteiger partial charge in [-0.1, -0.05) is 20.8 Å². The van der Waals surface area contributed by atoms with Crippen LogP contribution in [0.1, 0.15) is 26.5 Å². The fourth-order valence-corrected chi connectivity index (χ4v) is 2.91. The highest BCUT2D eigenvalue weighted by Crippen LogP contribution is 2.34. The first-order valence-electron chi connectivity index (χ1n) is 5.78. The van der Waals surface area contributed by atoms with E-state index in [9.17, 15) is 0 Å². The second kappa shape index (κ2) is 3.62. The summed E-state index contributed by atoms with van der Waals surface area (Å²) in [4.78, 5) is 5.54. The number of nitrogen functional groups attached to an aromatic ring is 1. The van der Waals surface area contributed by atoms with Crippen molar-refractivity contribution in [1.29, 1.82) is 0 Å². The van der Waals surface area contributed by atoms with E-state index < -0.39 is 0 Å². The molecule has 3 heterocycles. The summed E-state index contributed by atoms with van der Waals surface area (Å²) in [6, 6.07) is 3.80. The number of nitrogens with zero attached hydrogens (tertiary/aromatic N) is 2. The van der Waals surface area contributed by atoms with Gasteiger partial charge >= 0.3 is 0 Å². The lowest BCUT2D eigenvalue weighted by molar-refractivity contribution is 0.574. The van der Waals surface area contributed by atoms with Gasteiger partial charge in [-0.25, -0.2) is 4.98 Å². The van der Waals surface area contributed by atoms with Crippen molar-refractivity contribution in [3.63, 3.8) is 0 Å². The second-order valence-electron chi connectivity index (χ2n) is 5.31. The van der Waals surface area contributed by atoms with Crippen LogP contribution in [0.3, 0.4) is 0 Å². The van der Waals surface area contributed by atoms with E-state index in [1.807, 2.05) is 21.9 Å². The molecule has 0 saturated heterocycles. The van der Waals surface area contributed by atoms with Crippen LogP contribution in [0.5, 0.6) is 0 Å². The van der Waals surface area contributed by atoms with Crippen LogP contribution < -0.4 is 5.73 Å². The van der Waals surface area contributed by atoms with E-state index in [2.05, 4.69) is 25.8 Å². The normalized spacial score (nSPS) is 12.4. The molecule has 0 aliphatic rings. The topological polar surface area (TPSA) is 56.5 Å². The molecule has 3 aromatic rings. The maximum atomic E-state index is 6.24. The summed E-state index contributed by atoms with van der Waals surface area (Å²) < 4.78 is 7.40. The minimum atomic E-state index is -0.0593. The Morgan fingerprint density at radius 2 is 2.17 bits per heavy atom. The van der Waals surface area contributed by atoms with Gasteiger partial charge in [-0.05, 0) is 12.1 Å². The Morgan fingerprint density at radius 1 is 1.39 bits per heavy atom. The maximum Gasteiger partial charge on any atom is 0.196 e. The monoisotopic (exact) mass is 261 g/mol. The number of anilines is 1. The number of furan rings is 1. The summed E-state index contributed by atoms with van der Waals surface area (Å²) in [5, 5.41) is 2.02. The Labute approximate surface area is 109 Å². The minimum absolute atomic E-state index is 0.0593. The molecule has 0 atom stereocenters. The van der Waals surface area contributed by atoms with Gasteiger partial charge in [-0.2, -0.15) is 0 Å². The highest BCUT2D eigenvalue weighted by atomic mass is 32.1. The van der Waals surface area contributed by atoms with E-state index in [-0.39, 0.29) is 5.41 Å². The number of rotatable bonds is 1. The van der Waals surface area contributed by atoms with Crippen molar-refractivity contribution in [2.75, 3.05) is 5.73 Å². The average Bonchev–Trinajstić information content (AvgIpc) is 2.94. The van der Waals surface area contributed by atoms with E-state index in [0.29, 0.717) is 5.82 Å². The number of hydrogen-bond acceptors (Lipinski definition) is 4. The van der Waals surface area contributed by atoms with Crippen LogP contribution in [-0.4, -0.2) is 9.38 Å². The molecule has 0 bridgehead atoms. The zero-order valence-electron chi connectivity index (χ0n) is 10.6. The van der Waals surface area contributed by atoms with Crippen LogP contribution in [0, 0.1) is 0 Å². The highest BCUT2D eigenvalue weighted by molar-refractivity contribution is 7.15. The van der Waals surface area contributed by atoms with Gasteiger partial charge < -0.3 is 10.2 Å².